The van der Waals surface area contributed by atoms with Gasteiger partial charge in [0, 0.05) is 43.6 Å². The van der Waals surface area contributed by atoms with Crippen LogP contribution >= 0.6 is 0 Å². The van der Waals surface area contributed by atoms with Crippen molar-refractivity contribution in [3.05, 3.63) is 218 Å². The molecule has 0 amide bonds. The molecular weight excluding hydrogens is 988 g/mol. The van der Waals surface area contributed by atoms with E-state index in [4.69, 9.17) is 0 Å². The second-order valence-corrected chi connectivity index (χ2v) is 13.1. The molecule has 10 aromatic rings. The number of hydrogen-bond acceptors (Lipinski definition) is 2. The first-order chi connectivity index (χ1) is 29.5. The van der Waals surface area contributed by atoms with Crippen LogP contribution in [0.4, 0.5) is 30.7 Å². The van der Waals surface area contributed by atoms with Gasteiger partial charge in [0.2, 0.25) is 0 Å². The number of aromatic nitrogens is 7. The Morgan fingerprint density at radius 1 is 0.532 bits per heavy atom. The van der Waals surface area contributed by atoms with E-state index in [1.165, 1.54) is 54.7 Å². The van der Waals surface area contributed by atoms with Crippen LogP contribution in [0.2, 0.25) is 0 Å². The number of benzene rings is 6. The second kappa shape index (κ2) is 18.6. The Morgan fingerprint density at radius 2 is 0.984 bits per heavy atom. The summed E-state index contributed by atoms with van der Waals surface area (Å²) in [5, 5.41) is 6.47. The summed E-state index contributed by atoms with van der Waals surface area (Å²) >= 11 is 0. The van der Waals surface area contributed by atoms with Crippen LogP contribution in [0.25, 0.3) is 56.2 Å². The number of alkyl halides is 3. The Hall–Kier alpha value is -7.22. The van der Waals surface area contributed by atoms with Crippen LogP contribution in [0.1, 0.15) is 5.69 Å². The molecule has 0 aliphatic carbocycles. The fraction of sp³-hybridized carbons (Fsp3) is 0.0213. The van der Waals surface area contributed by atoms with Crippen molar-refractivity contribution in [1.82, 2.24) is 24.3 Å². The van der Waals surface area contributed by atoms with Crippen molar-refractivity contribution in [2.45, 2.75) is 6.18 Å². The summed E-state index contributed by atoms with van der Waals surface area (Å²) in [7, 11) is 0. The first kappa shape index (κ1) is 42.9. The molecule has 0 aliphatic rings. The van der Waals surface area contributed by atoms with Crippen molar-refractivity contribution in [2.24, 2.45) is 0 Å². The van der Waals surface area contributed by atoms with Gasteiger partial charge in [0.1, 0.15) is 17.3 Å². The van der Waals surface area contributed by atoms with Gasteiger partial charge in [0.25, 0.3) is 12.7 Å². The van der Waals surface area contributed by atoms with Crippen molar-refractivity contribution >= 4 is 22.1 Å². The van der Waals surface area contributed by atoms with Gasteiger partial charge in [-0.3, -0.25) is 22.9 Å². The summed E-state index contributed by atoms with van der Waals surface area (Å²) < 4.78 is 96.5. The molecule has 10 rings (SSSR count). The number of imidazole rings is 2. The first-order valence-corrected chi connectivity index (χ1v) is 18.3. The van der Waals surface area contributed by atoms with E-state index in [9.17, 15) is 30.7 Å². The Balaban J connectivity index is 0.000000142. The van der Waals surface area contributed by atoms with Crippen LogP contribution in [0, 0.1) is 48.1 Å². The van der Waals surface area contributed by atoms with E-state index in [0.29, 0.717) is 17.1 Å². The maximum Gasteiger partial charge on any atom is 0.431 e. The monoisotopic (exact) mass is 1020 g/mol. The third-order valence-electron chi connectivity index (χ3n) is 9.05. The van der Waals surface area contributed by atoms with E-state index in [0.717, 1.165) is 39.5 Å². The number of rotatable bonds is 5. The van der Waals surface area contributed by atoms with Gasteiger partial charge in [-0.05, 0) is 78.1 Å². The molecule has 0 unspecified atom stereocenters. The number of halogens is 7. The molecule has 0 bridgehead atoms. The average molecular weight is 1010 g/mol. The molecule has 1 radical (unpaired) electrons. The molecule has 0 spiro atoms. The van der Waals surface area contributed by atoms with Crippen molar-refractivity contribution in [2.75, 3.05) is 0 Å². The summed E-state index contributed by atoms with van der Waals surface area (Å²) in [6.45, 7) is 0. The zero-order chi connectivity index (χ0) is 42.5. The zero-order valence-corrected chi connectivity index (χ0v) is 34.1. The standard InChI is InChI=1S/2C19H11F2N2.C9H5F3N3.Ir/c2*20-14-5-9-16(10-6-14)22-13-23(17-11-7-15(21)8-12-17)19-4-2-1-3-18(19)22;10-9(11,12)8-5-7(14-15-8)6-3-1-2-4-13-6;/h2*1-11H;1-5H;/q3*-1;. The fourth-order valence-electron chi connectivity index (χ4n) is 6.19. The van der Waals surface area contributed by atoms with Crippen LogP contribution in [-0.4, -0.2) is 19.2 Å². The topological polar surface area (TPSA) is 57.5 Å². The molecule has 4 heterocycles. The molecule has 0 aliphatic heterocycles. The molecule has 0 fully saturated rings. The minimum absolute atomic E-state index is 0. The third-order valence-corrected chi connectivity index (χ3v) is 9.05. The Labute approximate surface area is 363 Å². The molecule has 0 saturated heterocycles. The summed E-state index contributed by atoms with van der Waals surface area (Å²) in [6.07, 6.45) is 3.46. The predicted molar refractivity (Wildman–Crippen MR) is 211 cm³/mol. The smallest absolute Gasteiger partial charge is 0.431 e. The van der Waals surface area contributed by atoms with Crippen molar-refractivity contribution < 1.29 is 60.0 Å². The van der Waals surface area contributed by atoms with E-state index >= 15 is 0 Å². The molecule has 0 saturated carbocycles. The van der Waals surface area contributed by atoms with Gasteiger partial charge in [0.05, 0.1) is 33.4 Å². The normalized spacial score (nSPS) is 11.0. The van der Waals surface area contributed by atoms with Gasteiger partial charge < -0.3 is 19.3 Å². The maximum atomic E-state index is 13.2. The molecule has 4 aromatic heterocycles. The summed E-state index contributed by atoms with van der Waals surface area (Å²) in [5.41, 5.74) is 6.10. The van der Waals surface area contributed by atoms with Gasteiger partial charge >= 0.3 is 6.18 Å². The number of para-hydroxylation sites is 4. The van der Waals surface area contributed by atoms with Crippen LogP contribution in [0.3, 0.4) is 0 Å². The molecule has 311 valence electrons. The van der Waals surface area contributed by atoms with Gasteiger partial charge in [-0.1, -0.05) is 60.3 Å². The summed E-state index contributed by atoms with van der Waals surface area (Å²) in [4.78, 5) is 3.87. The Bertz CT molecular complexity index is 2710. The number of nitrogens with zero attached hydrogens (tertiary/aromatic N) is 7. The van der Waals surface area contributed by atoms with Crippen molar-refractivity contribution in [3.63, 3.8) is 0 Å². The average Bonchev–Trinajstić information content (AvgIpc) is 4.03. The Kier molecular flexibility index (Phi) is 12.9. The Morgan fingerprint density at radius 3 is 1.39 bits per heavy atom. The fourth-order valence-corrected chi connectivity index (χ4v) is 6.19. The number of pyridine rings is 1. The van der Waals surface area contributed by atoms with Crippen LogP contribution in [-0.2, 0) is 26.3 Å². The van der Waals surface area contributed by atoms with E-state index in [1.807, 2.05) is 57.7 Å². The maximum absolute atomic E-state index is 13.2. The summed E-state index contributed by atoms with van der Waals surface area (Å²) in [6, 6.07) is 48.1. The molecule has 0 atom stereocenters. The van der Waals surface area contributed by atoms with E-state index in [-0.39, 0.29) is 49.1 Å². The molecule has 0 N–H and O–H groups in total. The molecule has 15 heteroatoms. The van der Waals surface area contributed by atoms with Crippen LogP contribution in [0.5, 0.6) is 0 Å². The third kappa shape index (κ3) is 9.54. The molecule has 6 aromatic carbocycles. The molecule has 62 heavy (non-hydrogen) atoms. The number of fused-ring (bicyclic) bond motifs is 2. The van der Waals surface area contributed by atoms with Crippen molar-refractivity contribution in [3.8, 4) is 34.1 Å². The minimum Gasteiger partial charge on any atom is -0.573 e. The van der Waals surface area contributed by atoms with Crippen LogP contribution < -0.4 is 14.2 Å². The van der Waals surface area contributed by atoms with E-state index < -0.39 is 11.9 Å². The minimum atomic E-state index is -4.46. The van der Waals surface area contributed by atoms with Gasteiger partial charge in [-0.2, -0.15) is 37.4 Å². The van der Waals surface area contributed by atoms with E-state index in [1.54, 1.807) is 63.7 Å². The first-order valence-electron chi connectivity index (χ1n) is 18.3. The van der Waals surface area contributed by atoms with Gasteiger partial charge in [-0.25, -0.2) is 8.78 Å². The summed E-state index contributed by atoms with van der Waals surface area (Å²) in [5.74, 6) is -1.25. The largest absolute Gasteiger partial charge is 0.573 e. The van der Waals surface area contributed by atoms with Crippen LogP contribution in [0.15, 0.2) is 164 Å². The van der Waals surface area contributed by atoms with E-state index in [2.05, 4.69) is 40.0 Å². The molecule has 7 nitrogen and oxygen atoms in total. The predicted octanol–water partition coefficient (Wildman–Crippen LogP) is 9.69. The zero-order valence-electron chi connectivity index (χ0n) is 31.7. The quantitative estimate of drug-likeness (QED) is 0.0982. The van der Waals surface area contributed by atoms with Gasteiger partial charge in [0.15, 0.2) is 0 Å². The SMILES string of the molecule is FC(F)(F)c1cc(-c2ccccn2)[n-]n1.Fc1c[c-]c(-n2[c-][n+](-c3ccc(F)cc3)c3ccccc32)cc1.Fc1c[c-]c(-n2[c-][n+](-c3ccc(F)cc3)c3ccccc32)cc1.[Ir]. The van der Waals surface area contributed by atoms with Gasteiger partial charge in [-0.15, -0.1) is 24.3 Å². The molecular formula is C47H27F7IrN7-3. The second-order valence-electron chi connectivity index (χ2n) is 13.1. The van der Waals surface area contributed by atoms with Crippen molar-refractivity contribution in [1.29, 1.82) is 0 Å². The number of hydrogen-bond donors (Lipinski definition) is 0.